The Morgan fingerprint density at radius 2 is 2.10 bits per heavy atom. The summed E-state index contributed by atoms with van der Waals surface area (Å²) in [4.78, 5) is 23.4. The van der Waals surface area contributed by atoms with Crippen molar-refractivity contribution in [3.05, 3.63) is 46.8 Å². The van der Waals surface area contributed by atoms with E-state index in [1.807, 2.05) is 12.3 Å². The third-order valence-corrected chi connectivity index (χ3v) is 4.01. The van der Waals surface area contributed by atoms with E-state index in [1.165, 1.54) is 5.56 Å². The van der Waals surface area contributed by atoms with Crippen LogP contribution in [0.15, 0.2) is 35.5 Å². The molecule has 1 aliphatic rings. The van der Waals surface area contributed by atoms with E-state index in [1.54, 1.807) is 17.0 Å². The van der Waals surface area contributed by atoms with Crippen LogP contribution >= 0.6 is 0 Å². The second-order valence-corrected chi connectivity index (χ2v) is 5.49. The molecule has 3 rings (SSSR count). The summed E-state index contributed by atoms with van der Waals surface area (Å²) < 4.78 is 1.70. The van der Waals surface area contributed by atoms with E-state index >= 15 is 0 Å². The highest BCUT2D eigenvalue weighted by molar-refractivity contribution is 5.47. The number of piperazine rings is 1. The van der Waals surface area contributed by atoms with Crippen molar-refractivity contribution in [2.45, 2.75) is 13.0 Å². The first-order valence-corrected chi connectivity index (χ1v) is 7.35. The average molecular weight is 287 g/mol. The van der Waals surface area contributed by atoms with Crippen molar-refractivity contribution in [2.75, 3.05) is 38.1 Å². The van der Waals surface area contributed by atoms with Gasteiger partial charge in [-0.3, -0.25) is 4.57 Å². The molecule has 0 spiro atoms. The zero-order valence-electron chi connectivity index (χ0n) is 12.3. The smallest absolute Gasteiger partial charge is 0.325 e. The van der Waals surface area contributed by atoms with Gasteiger partial charge < -0.3 is 14.8 Å². The summed E-state index contributed by atoms with van der Waals surface area (Å²) in [5, 5.41) is 0. The van der Waals surface area contributed by atoms with Gasteiger partial charge in [-0.15, -0.1) is 0 Å². The van der Waals surface area contributed by atoms with Gasteiger partial charge in [0, 0.05) is 51.3 Å². The number of pyridine rings is 1. The van der Waals surface area contributed by atoms with Gasteiger partial charge in [0.05, 0.1) is 0 Å². The number of rotatable bonds is 4. The molecule has 0 radical (unpaired) electrons. The number of aromatic amines is 1. The van der Waals surface area contributed by atoms with Crippen molar-refractivity contribution < 1.29 is 0 Å². The maximum atomic E-state index is 11.5. The van der Waals surface area contributed by atoms with Crippen LogP contribution in [-0.2, 0) is 13.0 Å². The molecule has 1 fully saturated rings. The molecule has 0 aromatic carbocycles. The number of hydrogen-bond acceptors (Lipinski definition) is 4. The first kappa shape index (κ1) is 13.9. The van der Waals surface area contributed by atoms with Crippen molar-refractivity contribution >= 4 is 5.82 Å². The van der Waals surface area contributed by atoms with E-state index in [0.717, 1.165) is 38.4 Å². The number of nitrogens with zero attached hydrogens (tertiary/aromatic N) is 4. The number of anilines is 1. The van der Waals surface area contributed by atoms with E-state index in [4.69, 9.17) is 0 Å². The van der Waals surface area contributed by atoms with Gasteiger partial charge in [0.2, 0.25) is 0 Å². The van der Waals surface area contributed by atoms with E-state index in [0.29, 0.717) is 6.54 Å². The molecule has 6 nitrogen and oxygen atoms in total. The molecule has 0 bridgehead atoms. The van der Waals surface area contributed by atoms with E-state index in [9.17, 15) is 4.79 Å². The fourth-order valence-electron chi connectivity index (χ4n) is 2.69. The molecule has 0 atom stereocenters. The van der Waals surface area contributed by atoms with Crippen LogP contribution in [0.4, 0.5) is 5.82 Å². The fourth-order valence-corrected chi connectivity index (χ4v) is 2.69. The highest BCUT2D eigenvalue weighted by atomic mass is 16.1. The van der Waals surface area contributed by atoms with Crippen LogP contribution in [0.2, 0.25) is 0 Å². The van der Waals surface area contributed by atoms with Gasteiger partial charge in [0.15, 0.2) is 0 Å². The predicted molar refractivity (Wildman–Crippen MR) is 82.7 cm³/mol. The van der Waals surface area contributed by atoms with Gasteiger partial charge in [-0.2, -0.15) is 0 Å². The second-order valence-electron chi connectivity index (χ2n) is 5.49. The van der Waals surface area contributed by atoms with E-state index in [2.05, 4.69) is 32.9 Å². The quantitative estimate of drug-likeness (QED) is 0.893. The lowest BCUT2D eigenvalue weighted by atomic mass is 10.1. The Hall–Kier alpha value is -2.08. The number of likely N-dealkylation sites (N-methyl/N-ethyl adjacent to an activating group) is 1. The molecule has 112 valence electrons. The molecule has 1 N–H and O–H groups in total. The first-order chi connectivity index (χ1) is 10.2. The van der Waals surface area contributed by atoms with Gasteiger partial charge in [-0.1, -0.05) is 6.07 Å². The van der Waals surface area contributed by atoms with Crippen LogP contribution in [0, 0.1) is 0 Å². The summed E-state index contributed by atoms with van der Waals surface area (Å²) in [6, 6.07) is 4.08. The Balaban J connectivity index is 1.73. The zero-order valence-corrected chi connectivity index (χ0v) is 12.3. The number of aromatic nitrogens is 3. The number of aryl methyl sites for hydroxylation is 2. The van der Waals surface area contributed by atoms with Crippen molar-refractivity contribution in [3.63, 3.8) is 0 Å². The molecule has 1 aliphatic heterocycles. The van der Waals surface area contributed by atoms with Crippen LogP contribution in [0.25, 0.3) is 0 Å². The molecule has 3 heterocycles. The molecular formula is C15H21N5O. The van der Waals surface area contributed by atoms with Gasteiger partial charge in [0.25, 0.3) is 0 Å². The van der Waals surface area contributed by atoms with Crippen molar-refractivity contribution in [1.82, 2.24) is 19.4 Å². The van der Waals surface area contributed by atoms with Gasteiger partial charge in [-0.05, 0) is 25.1 Å². The SMILES string of the molecule is CN1CCN(c2ncccc2CCn2cc[nH]c2=O)CC1. The first-order valence-electron chi connectivity index (χ1n) is 7.35. The molecule has 0 unspecified atom stereocenters. The Kier molecular flexibility index (Phi) is 4.06. The summed E-state index contributed by atoms with van der Waals surface area (Å²) in [6.45, 7) is 4.81. The van der Waals surface area contributed by atoms with E-state index in [-0.39, 0.29) is 5.69 Å². The minimum Gasteiger partial charge on any atom is -0.354 e. The summed E-state index contributed by atoms with van der Waals surface area (Å²) in [5.74, 6) is 1.06. The molecule has 0 saturated carbocycles. The topological polar surface area (TPSA) is 57.2 Å². The number of imidazole rings is 1. The zero-order chi connectivity index (χ0) is 14.7. The molecule has 6 heteroatoms. The standard InChI is InChI=1S/C15H21N5O/c1-18-9-11-19(12-10-18)14-13(3-2-5-16-14)4-7-20-8-6-17-15(20)21/h2-3,5-6,8H,4,7,9-12H2,1H3,(H,17,21). The van der Waals surface area contributed by atoms with Crippen LogP contribution in [-0.4, -0.2) is 52.7 Å². The largest absolute Gasteiger partial charge is 0.354 e. The highest BCUT2D eigenvalue weighted by Gasteiger charge is 2.17. The van der Waals surface area contributed by atoms with Crippen molar-refractivity contribution in [3.8, 4) is 0 Å². The minimum atomic E-state index is -0.0555. The van der Waals surface area contributed by atoms with Gasteiger partial charge in [0.1, 0.15) is 5.82 Å². The number of H-pyrrole nitrogens is 1. The lowest BCUT2D eigenvalue weighted by Crippen LogP contribution is -2.45. The number of nitrogens with one attached hydrogen (secondary N) is 1. The molecule has 2 aromatic heterocycles. The lowest BCUT2D eigenvalue weighted by Gasteiger charge is -2.34. The molecule has 1 saturated heterocycles. The predicted octanol–water partition coefficient (Wildman–Crippen LogP) is 0.566. The van der Waals surface area contributed by atoms with Crippen molar-refractivity contribution in [2.24, 2.45) is 0 Å². The minimum absolute atomic E-state index is 0.0555. The maximum Gasteiger partial charge on any atom is 0.325 e. The molecule has 2 aromatic rings. The Morgan fingerprint density at radius 1 is 1.29 bits per heavy atom. The number of hydrogen-bond donors (Lipinski definition) is 1. The second kappa shape index (κ2) is 6.13. The maximum absolute atomic E-state index is 11.5. The monoisotopic (exact) mass is 287 g/mol. The lowest BCUT2D eigenvalue weighted by molar-refractivity contribution is 0.311. The average Bonchev–Trinajstić information content (AvgIpc) is 2.92. The molecule has 0 amide bonds. The Bertz CT molecular complexity index is 639. The highest BCUT2D eigenvalue weighted by Crippen LogP contribution is 2.19. The Labute approximate surface area is 124 Å². The summed E-state index contributed by atoms with van der Waals surface area (Å²) in [7, 11) is 2.15. The van der Waals surface area contributed by atoms with Crippen LogP contribution < -0.4 is 10.6 Å². The van der Waals surface area contributed by atoms with Crippen LogP contribution in [0.5, 0.6) is 0 Å². The van der Waals surface area contributed by atoms with Crippen LogP contribution in [0.1, 0.15) is 5.56 Å². The normalized spacial score (nSPS) is 16.3. The summed E-state index contributed by atoms with van der Waals surface area (Å²) in [6.07, 6.45) is 6.12. The van der Waals surface area contributed by atoms with Crippen molar-refractivity contribution in [1.29, 1.82) is 0 Å². The van der Waals surface area contributed by atoms with Crippen LogP contribution in [0.3, 0.4) is 0 Å². The fraction of sp³-hybridized carbons (Fsp3) is 0.467. The summed E-state index contributed by atoms with van der Waals surface area (Å²) in [5.41, 5.74) is 1.15. The van der Waals surface area contributed by atoms with Gasteiger partial charge >= 0.3 is 5.69 Å². The molecule has 0 aliphatic carbocycles. The summed E-state index contributed by atoms with van der Waals surface area (Å²) >= 11 is 0. The molecule has 21 heavy (non-hydrogen) atoms. The molecular weight excluding hydrogens is 266 g/mol. The van der Waals surface area contributed by atoms with E-state index < -0.39 is 0 Å². The third kappa shape index (κ3) is 3.16. The Morgan fingerprint density at radius 3 is 2.81 bits per heavy atom. The third-order valence-electron chi connectivity index (χ3n) is 4.01. The van der Waals surface area contributed by atoms with Gasteiger partial charge in [-0.25, -0.2) is 9.78 Å².